The molecule has 39 heavy (non-hydrogen) atoms. The van der Waals surface area contributed by atoms with Gasteiger partial charge in [0.05, 0.1) is 30.4 Å². The Kier molecular flexibility index (Phi) is 12.2. The molecule has 0 aliphatic carbocycles. The number of carbonyl (C=O) groups excluding carboxylic acids is 1. The summed E-state index contributed by atoms with van der Waals surface area (Å²) >= 11 is 6.15. The number of esters is 1. The number of aliphatic hydroxyl groups is 1. The summed E-state index contributed by atoms with van der Waals surface area (Å²) in [6, 6.07) is 6.35. The molecule has 1 heterocycles. The van der Waals surface area contributed by atoms with E-state index < -0.39 is 56.6 Å². The predicted octanol–water partition coefficient (Wildman–Crippen LogP) is 3.19. The third-order valence-electron chi connectivity index (χ3n) is 4.85. The Labute approximate surface area is 229 Å². The number of nitrogen functional groups attached to an aromatic ring is 1. The average molecular weight is 588 g/mol. The Bertz CT molecular complexity index is 1270. The van der Waals surface area contributed by atoms with Gasteiger partial charge in [-0.3, -0.25) is 13.9 Å². The number of anilines is 1. The van der Waals surface area contributed by atoms with Crippen LogP contribution in [-0.2, 0) is 23.4 Å². The Morgan fingerprint density at radius 1 is 1.31 bits per heavy atom. The molecule has 214 valence electrons. The Balaban J connectivity index is 2.32. The first-order valence-corrected chi connectivity index (χ1v) is 13.6. The van der Waals surface area contributed by atoms with E-state index in [-0.39, 0.29) is 23.1 Å². The maximum absolute atomic E-state index is 13.8. The molecule has 0 saturated carbocycles. The number of ether oxygens (including phenoxy) is 2. The van der Waals surface area contributed by atoms with E-state index in [1.54, 1.807) is 26.0 Å². The van der Waals surface area contributed by atoms with Crippen LogP contribution in [-0.4, -0.2) is 58.1 Å². The fourth-order valence-electron chi connectivity index (χ4n) is 2.98. The van der Waals surface area contributed by atoms with Crippen LogP contribution in [0, 0.1) is 0 Å². The number of nitrogens with two attached hydrogens (primary N) is 1. The number of para-hydroxylation sites is 1. The van der Waals surface area contributed by atoms with Crippen LogP contribution >= 0.6 is 19.3 Å². The van der Waals surface area contributed by atoms with E-state index in [0.29, 0.717) is 0 Å². The molecular weight excluding hydrogens is 557 g/mol. The summed E-state index contributed by atoms with van der Waals surface area (Å²) in [6.07, 6.45) is -2.87. The van der Waals surface area contributed by atoms with E-state index in [1.807, 2.05) is 0 Å². The van der Waals surface area contributed by atoms with Gasteiger partial charge in [-0.1, -0.05) is 28.8 Å². The second-order valence-corrected chi connectivity index (χ2v) is 10.6. The van der Waals surface area contributed by atoms with Crippen molar-refractivity contribution in [1.82, 2.24) is 14.6 Å². The number of hydrogen-bond donors (Lipinski definition) is 3. The number of aliphatic hydroxyl groups excluding tert-OH is 1. The van der Waals surface area contributed by atoms with E-state index in [2.05, 4.69) is 20.1 Å². The summed E-state index contributed by atoms with van der Waals surface area (Å²) in [5.74, 6) is -0.762. The monoisotopic (exact) mass is 587 g/mol. The normalized spacial score (nSPS) is 15.9. The second kappa shape index (κ2) is 14.8. The minimum atomic E-state index is -4.37. The van der Waals surface area contributed by atoms with Gasteiger partial charge in [0.1, 0.15) is 29.9 Å². The highest BCUT2D eigenvalue weighted by Gasteiger charge is 2.35. The molecule has 1 aromatic heterocycles. The molecule has 2 unspecified atom stereocenters. The van der Waals surface area contributed by atoms with Crippen molar-refractivity contribution in [2.24, 2.45) is 5.11 Å². The summed E-state index contributed by atoms with van der Waals surface area (Å²) < 4.78 is 36.9. The molecule has 15 nitrogen and oxygen atoms in total. The van der Waals surface area contributed by atoms with Gasteiger partial charge in [0.2, 0.25) is 0 Å². The third-order valence-corrected chi connectivity index (χ3v) is 6.80. The first-order chi connectivity index (χ1) is 18.3. The summed E-state index contributed by atoms with van der Waals surface area (Å²) in [4.78, 5) is 31.0. The van der Waals surface area contributed by atoms with Gasteiger partial charge in [-0.2, -0.15) is 10.1 Å². The second-order valence-electron chi connectivity index (χ2n) is 8.48. The zero-order valence-corrected chi connectivity index (χ0v) is 23.4. The summed E-state index contributed by atoms with van der Waals surface area (Å²) in [6.45, 7) is 5.13. The smallest absolute Gasteiger partial charge is 0.459 e. The van der Waals surface area contributed by atoms with Crippen LogP contribution < -0.4 is 21.0 Å². The highest BCUT2D eigenvalue weighted by atomic mass is 35.5. The predicted molar refractivity (Wildman–Crippen MR) is 142 cm³/mol. The van der Waals surface area contributed by atoms with Crippen LogP contribution in [0.15, 0.2) is 46.4 Å². The van der Waals surface area contributed by atoms with Gasteiger partial charge in [0.15, 0.2) is 0 Å². The topological polar surface area (TPSA) is 213 Å². The average Bonchev–Trinajstić information content (AvgIpc) is 2.85. The van der Waals surface area contributed by atoms with Crippen LogP contribution in [0.4, 0.5) is 5.82 Å². The van der Waals surface area contributed by atoms with Crippen molar-refractivity contribution in [3.63, 3.8) is 0 Å². The summed E-state index contributed by atoms with van der Waals surface area (Å²) in [5.41, 5.74) is 13.5. The number of hydrogen-bond acceptors (Lipinski definition) is 11. The zero-order valence-electron chi connectivity index (χ0n) is 21.7. The molecule has 4 N–H and O–H groups in total. The van der Waals surface area contributed by atoms with Gasteiger partial charge in [-0.15, -0.1) is 0 Å². The van der Waals surface area contributed by atoms with Crippen molar-refractivity contribution in [3.8, 4) is 5.75 Å². The van der Waals surface area contributed by atoms with Crippen LogP contribution in [0.1, 0.15) is 33.9 Å². The first kappa shape index (κ1) is 32.1. The quantitative estimate of drug-likeness (QED) is 0.0904. The fourth-order valence-corrected chi connectivity index (χ4v) is 4.73. The maximum atomic E-state index is 13.8. The van der Waals surface area contributed by atoms with E-state index in [9.17, 15) is 19.3 Å². The molecular formula is C22H31ClN7O8P. The molecule has 5 atom stereocenters. The number of azide groups is 1. The van der Waals surface area contributed by atoms with Crippen LogP contribution in [0.5, 0.6) is 5.75 Å². The van der Waals surface area contributed by atoms with Crippen molar-refractivity contribution in [2.75, 3.05) is 18.9 Å². The van der Waals surface area contributed by atoms with Crippen LogP contribution in [0.3, 0.4) is 0 Å². The van der Waals surface area contributed by atoms with Gasteiger partial charge in [0.25, 0.3) is 0 Å². The summed E-state index contributed by atoms with van der Waals surface area (Å²) in [5, 5.41) is 16.4. The van der Waals surface area contributed by atoms with Crippen molar-refractivity contribution in [3.05, 3.63) is 62.5 Å². The Morgan fingerprint density at radius 2 is 2.00 bits per heavy atom. The summed E-state index contributed by atoms with van der Waals surface area (Å²) in [7, 11) is -4.37. The first-order valence-electron chi connectivity index (χ1n) is 11.7. The highest BCUT2D eigenvalue weighted by molar-refractivity contribution is 7.52. The molecule has 0 aliphatic heterocycles. The number of nitrogens with one attached hydrogen (secondary N) is 1. The SMILES string of the molecule is CC(C)OC(=O)[C@H](C)NP(=O)(OC[C@@H](O[C@H](CN=[N+]=[N-])n1ccc(N)nc1=O)C(C)O)Oc1ccccc1Cl. The van der Waals surface area contributed by atoms with Crippen LogP contribution in [0.25, 0.3) is 10.4 Å². The number of rotatable bonds is 15. The minimum Gasteiger partial charge on any atom is -0.462 e. The van der Waals surface area contributed by atoms with Gasteiger partial charge in [-0.05, 0) is 51.4 Å². The van der Waals surface area contributed by atoms with E-state index in [4.69, 9.17) is 41.4 Å². The van der Waals surface area contributed by atoms with Gasteiger partial charge < -0.3 is 24.8 Å². The largest absolute Gasteiger partial charge is 0.462 e. The molecule has 1 aromatic carbocycles. The van der Waals surface area contributed by atoms with Gasteiger partial charge >= 0.3 is 19.4 Å². The van der Waals surface area contributed by atoms with E-state index in [0.717, 1.165) is 4.57 Å². The Hall–Kier alpha value is -3.16. The number of carbonyl (C=O) groups is 1. The lowest BCUT2D eigenvalue weighted by Crippen LogP contribution is -2.40. The lowest BCUT2D eigenvalue weighted by molar-refractivity contribution is -0.149. The zero-order chi connectivity index (χ0) is 29.2. The van der Waals surface area contributed by atoms with E-state index in [1.165, 1.54) is 38.2 Å². The molecule has 17 heteroatoms. The molecule has 0 aliphatic rings. The van der Waals surface area contributed by atoms with Gasteiger partial charge in [0, 0.05) is 11.1 Å². The van der Waals surface area contributed by atoms with Crippen molar-refractivity contribution in [2.45, 2.75) is 58.3 Å². The molecule has 0 amide bonds. The molecule has 0 spiro atoms. The molecule has 2 rings (SSSR count). The molecule has 0 fully saturated rings. The minimum absolute atomic E-state index is 0.00493. The Morgan fingerprint density at radius 3 is 2.59 bits per heavy atom. The lowest BCUT2D eigenvalue weighted by atomic mass is 10.2. The number of nitrogens with zero attached hydrogens (tertiary/aromatic N) is 5. The van der Waals surface area contributed by atoms with Crippen molar-refractivity contribution < 1.29 is 33.0 Å². The highest BCUT2D eigenvalue weighted by Crippen LogP contribution is 2.47. The molecule has 0 bridgehead atoms. The van der Waals surface area contributed by atoms with Crippen LogP contribution in [0.2, 0.25) is 5.02 Å². The van der Waals surface area contributed by atoms with Gasteiger partial charge in [-0.25, -0.2) is 9.36 Å². The molecule has 0 saturated heterocycles. The van der Waals surface area contributed by atoms with Crippen molar-refractivity contribution in [1.29, 1.82) is 0 Å². The molecule has 2 aromatic rings. The van der Waals surface area contributed by atoms with Crippen molar-refractivity contribution >= 4 is 31.1 Å². The molecule has 0 radical (unpaired) electrons. The lowest BCUT2D eigenvalue weighted by Gasteiger charge is -2.29. The number of benzene rings is 1. The van der Waals surface area contributed by atoms with E-state index >= 15 is 0 Å². The number of aromatic nitrogens is 2. The third kappa shape index (κ3) is 10.2. The fraction of sp³-hybridized carbons (Fsp3) is 0.500. The maximum Gasteiger partial charge on any atom is 0.459 e. The standard InChI is InChI=1S/C22H31ClN7O8P/c1-13(2)36-21(32)14(3)28-39(34,38-17-8-6-5-7-16(17)23)35-12-18(15(4)31)37-20(11-26-29-25)30-10-9-19(24)27-22(30)33/h5-10,13-15,18,20,31H,11-12H2,1-4H3,(H,28,34)(H2,24,27,33)/t14-,15?,18+,20+,39?/m0/s1. The number of halogens is 1.